The number of nitrogens with one attached hydrogen (secondary N) is 1. The van der Waals surface area contributed by atoms with Gasteiger partial charge in [-0.15, -0.1) is 11.3 Å². The average Bonchev–Trinajstić information content (AvgIpc) is 2.92. The molecule has 0 radical (unpaired) electrons. The summed E-state index contributed by atoms with van der Waals surface area (Å²) in [6.45, 7) is 4.40. The smallest absolute Gasteiger partial charge is 0.138 e. The summed E-state index contributed by atoms with van der Waals surface area (Å²) in [5.74, 6) is 0.927. The van der Waals surface area contributed by atoms with Gasteiger partial charge in [-0.05, 0) is 43.6 Å². The molecule has 136 valence electrons. The largest absolute Gasteiger partial charge is 0.368 e. The molecular formula is C20H23ClN4S. The molecule has 4 rings (SSSR count). The average molecular weight is 387 g/mol. The first-order valence-corrected chi connectivity index (χ1v) is 10.5. The Morgan fingerprint density at radius 1 is 1.04 bits per heavy atom. The quantitative estimate of drug-likeness (QED) is 0.646. The van der Waals surface area contributed by atoms with Gasteiger partial charge in [0, 0.05) is 29.1 Å². The maximum absolute atomic E-state index is 6.04. The van der Waals surface area contributed by atoms with E-state index in [-0.39, 0.29) is 0 Å². The van der Waals surface area contributed by atoms with Crippen molar-refractivity contribution in [3.63, 3.8) is 0 Å². The van der Waals surface area contributed by atoms with Gasteiger partial charge in [0.1, 0.15) is 17.0 Å². The zero-order valence-electron chi connectivity index (χ0n) is 14.7. The molecule has 1 fully saturated rings. The number of likely N-dealkylation sites (tertiary alicyclic amines) is 1. The first-order valence-electron chi connectivity index (χ1n) is 9.25. The van der Waals surface area contributed by atoms with E-state index in [9.17, 15) is 0 Å². The van der Waals surface area contributed by atoms with E-state index in [1.807, 2.05) is 12.1 Å². The zero-order valence-corrected chi connectivity index (χ0v) is 16.3. The van der Waals surface area contributed by atoms with Crippen LogP contribution in [0.3, 0.4) is 0 Å². The number of anilines is 1. The summed E-state index contributed by atoms with van der Waals surface area (Å²) in [7, 11) is 0. The fraction of sp³-hybridized carbons (Fsp3) is 0.400. The fourth-order valence-electron chi connectivity index (χ4n) is 3.54. The van der Waals surface area contributed by atoms with Crippen LogP contribution in [-0.4, -0.2) is 41.0 Å². The van der Waals surface area contributed by atoms with E-state index >= 15 is 0 Å². The van der Waals surface area contributed by atoms with Crippen LogP contribution >= 0.6 is 22.9 Å². The minimum Gasteiger partial charge on any atom is -0.368 e. The van der Waals surface area contributed by atoms with Crippen LogP contribution in [0.1, 0.15) is 25.7 Å². The summed E-state index contributed by atoms with van der Waals surface area (Å²) in [5, 5.41) is 7.56. The van der Waals surface area contributed by atoms with Crippen LogP contribution in [0.15, 0.2) is 36.0 Å². The molecule has 0 unspecified atom stereocenters. The van der Waals surface area contributed by atoms with Gasteiger partial charge in [0.05, 0.1) is 5.39 Å². The lowest BCUT2D eigenvalue weighted by Gasteiger charge is -2.20. The third-order valence-electron chi connectivity index (χ3n) is 4.94. The van der Waals surface area contributed by atoms with Crippen molar-refractivity contribution >= 4 is 39.0 Å². The van der Waals surface area contributed by atoms with E-state index < -0.39 is 0 Å². The summed E-state index contributed by atoms with van der Waals surface area (Å²) in [6, 6.07) is 7.96. The minimum atomic E-state index is 0.750. The molecule has 0 amide bonds. The molecule has 0 atom stereocenters. The Morgan fingerprint density at radius 2 is 1.81 bits per heavy atom. The van der Waals surface area contributed by atoms with E-state index in [2.05, 4.69) is 37.7 Å². The maximum Gasteiger partial charge on any atom is 0.138 e. The SMILES string of the molecule is Clc1ccc(-c2csc3ncnc(NCCN4CCCCCC4)c23)cc1. The third kappa shape index (κ3) is 4.00. The summed E-state index contributed by atoms with van der Waals surface area (Å²) in [6.07, 6.45) is 7.04. The zero-order chi connectivity index (χ0) is 17.8. The maximum atomic E-state index is 6.04. The number of benzene rings is 1. The minimum absolute atomic E-state index is 0.750. The molecule has 1 aliphatic heterocycles. The Balaban J connectivity index is 1.53. The summed E-state index contributed by atoms with van der Waals surface area (Å²) in [5.41, 5.74) is 2.31. The molecule has 0 spiro atoms. The van der Waals surface area contributed by atoms with Crippen LogP contribution in [-0.2, 0) is 0 Å². The molecule has 0 saturated carbocycles. The highest BCUT2D eigenvalue weighted by Crippen LogP contribution is 2.36. The predicted octanol–water partition coefficient (Wildman–Crippen LogP) is 5.30. The standard InChI is InChI=1S/C20H23ClN4S/c21-16-7-5-15(6-8-16)17-13-26-20-18(17)19(23-14-24-20)22-9-12-25-10-3-1-2-4-11-25/h5-8,13-14H,1-4,9-12H2,(H,22,23,24). The van der Waals surface area contributed by atoms with Crippen molar-refractivity contribution < 1.29 is 0 Å². The van der Waals surface area contributed by atoms with Crippen LogP contribution in [0.5, 0.6) is 0 Å². The van der Waals surface area contributed by atoms with Crippen molar-refractivity contribution in [1.29, 1.82) is 0 Å². The van der Waals surface area contributed by atoms with E-state index in [1.165, 1.54) is 44.3 Å². The van der Waals surface area contributed by atoms with Gasteiger partial charge < -0.3 is 10.2 Å². The van der Waals surface area contributed by atoms with E-state index in [0.29, 0.717) is 0 Å². The van der Waals surface area contributed by atoms with Gasteiger partial charge >= 0.3 is 0 Å². The van der Waals surface area contributed by atoms with E-state index in [4.69, 9.17) is 11.6 Å². The first kappa shape index (κ1) is 17.7. The summed E-state index contributed by atoms with van der Waals surface area (Å²) >= 11 is 7.69. The van der Waals surface area contributed by atoms with Crippen molar-refractivity contribution in [3.05, 3.63) is 41.0 Å². The lowest BCUT2D eigenvalue weighted by atomic mass is 10.1. The second kappa shape index (κ2) is 8.33. The molecule has 4 nitrogen and oxygen atoms in total. The van der Waals surface area contributed by atoms with Crippen molar-refractivity contribution in [2.24, 2.45) is 0 Å². The van der Waals surface area contributed by atoms with Crippen molar-refractivity contribution in [2.75, 3.05) is 31.5 Å². The number of thiophene rings is 1. The number of fused-ring (bicyclic) bond motifs is 1. The molecule has 3 aromatic rings. The van der Waals surface area contributed by atoms with Crippen LogP contribution in [0.4, 0.5) is 5.82 Å². The second-order valence-corrected chi connectivity index (χ2v) is 8.04. The van der Waals surface area contributed by atoms with Gasteiger partial charge in [-0.3, -0.25) is 0 Å². The Morgan fingerprint density at radius 3 is 2.58 bits per heavy atom. The first-order chi connectivity index (χ1) is 12.8. The molecular weight excluding hydrogens is 364 g/mol. The topological polar surface area (TPSA) is 41.1 Å². The number of hydrogen-bond acceptors (Lipinski definition) is 5. The monoisotopic (exact) mass is 386 g/mol. The van der Waals surface area contributed by atoms with Crippen LogP contribution in [0.2, 0.25) is 5.02 Å². The van der Waals surface area contributed by atoms with Crippen molar-refractivity contribution in [1.82, 2.24) is 14.9 Å². The van der Waals surface area contributed by atoms with Crippen LogP contribution in [0.25, 0.3) is 21.3 Å². The fourth-order valence-corrected chi connectivity index (χ4v) is 4.59. The Labute approximate surface area is 163 Å². The lowest BCUT2D eigenvalue weighted by molar-refractivity contribution is 0.296. The van der Waals surface area contributed by atoms with Gasteiger partial charge in [-0.25, -0.2) is 9.97 Å². The molecule has 0 bridgehead atoms. The second-order valence-electron chi connectivity index (χ2n) is 6.74. The molecule has 1 saturated heterocycles. The predicted molar refractivity (Wildman–Crippen MR) is 111 cm³/mol. The number of aromatic nitrogens is 2. The lowest BCUT2D eigenvalue weighted by Crippen LogP contribution is -2.30. The van der Waals surface area contributed by atoms with Crippen LogP contribution in [0, 0.1) is 0 Å². The van der Waals surface area contributed by atoms with E-state index in [0.717, 1.165) is 39.7 Å². The Kier molecular flexibility index (Phi) is 5.68. The summed E-state index contributed by atoms with van der Waals surface area (Å²) < 4.78 is 0. The van der Waals surface area contributed by atoms with Gasteiger partial charge in [-0.1, -0.05) is 36.6 Å². The van der Waals surface area contributed by atoms with Gasteiger partial charge in [0.15, 0.2) is 0 Å². The molecule has 3 heterocycles. The van der Waals surface area contributed by atoms with Gasteiger partial charge in [0.25, 0.3) is 0 Å². The summed E-state index contributed by atoms with van der Waals surface area (Å²) in [4.78, 5) is 12.5. The normalized spacial score (nSPS) is 15.9. The van der Waals surface area contributed by atoms with Crippen molar-refractivity contribution in [3.8, 4) is 11.1 Å². The van der Waals surface area contributed by atoms with E-state index in [1.54, 1.807) is 17.7 Å². The van der Waals surface area contributed by atoms with Crippen molar-refractivity contribution in [2.45, 2.75) is 25.7 Å². The molecule has 26 heavy (non-hydrogen) atoms. The highest BCUT2D eigenvalue weighted by molar-refractivity contribution is 7.17. The number of rotatable bonds is 5. The molecule has 2 aromatic heterocycles. The highest BCUT2D eigenvalue weighted by Gasteiger charge is 2.14. The molecule has 1 aliphatic rings. The number of hydrogen-bond donors (Lipinski definition) is 1. The number of halogens is 1. The third-order valence-corrected chi connectivity index (χ3v) is 6.08. The number of nitrogens with zero attached hydrogens (tertiary/aromatic N) is 3. The van der Waals surface area contributed by atoms with Crippen LogP contribution < -0.4 is 5.32 Å². The highest BCUT2D eigenvalue weighted by atomic mass is 35.5. The molecule has 6 heteroatoms. The molecule has 1 aromatic carbocycles. The Bertz CT molecular complexity index is 854. The van der Waals surface area contributed by atoms with Gasteiger partial charge in [0.2, 0.25) is 0 Å². The molecule has 0 aliphatic carbocycles. The Hall–Kier alpha value is -1.69. The van der Waals surface area contributed by atoms with Gasteiger partial charge in [-0.2, -0.15) is 0 Å². The molecule has 1 N–H and O–H groups in total.